The Morgan fingerprint density at radius 1 is 1.10 bits per heavy atom. The van der Waals surface area contributed by atoms with Gasteiger partial charge in [-0.15, -0.1) is 5.10 Å². The number of thioether (sulfide) groups is 1. The van der Waals surface area contributed by atoms with Crippen molar-refractivity contribution in [2.75, 3.05) is 25.5 Å². The predicted octanol–water partition coefficient (Wildman–Crippen LogP) is 3.81. The second-order valence-corrected chi connectivity index (χ2v) is 7.24. The molecule has 0 fully saturated rings. The fourth-order valence-corrected chi connectivity index (χ4v) is 3.14. The highest BCUT2D eigenvalue weighted by atomic mass is 35.5. The summed E-state index contributed by atoms with van der Waals surface area (Å²) in [5.74, 6) is 2.28. The number of nitrogens with one attached hydrogen (secondary N) is 2. The fourth-order valence-electron chi connectivity index (χ4n) is 2.39. The highest BCUT2D eigenvalue weighted by molar-refractivity contribution is 7.99. The van der Waals surface area contributed by atoms with Gasteiger partial charge in [0, 0.05) is 10.6 Å². The third kappa shape index (κ3) is 6.69. The van der Waals surface area contributed by atoms with E-state index in [1.807, 2.05) is 43.3 Å². The van der Waals surface area contributed by atoms with E-state index in [0.29, 0.717) is 35.8 Å². The van der Waals surface area contributed by atoms with Gasteiger partial charge in [-0.3, -0.25) is 9.89 Å². The first-order valence-electron chi connectivity index (χ1n) is 9.07. The van der Waals surface area contributed by atoms with Crippen molar-refractivity contribution in [2.45, 2.75) is 12.1 Å². The molecule has 0 spiro atoms. The number of hydrogen-bond donors (Lipinski definition) is 2. The van der Waals surface area contributed by atoms with E-state index < -0.39 is 0 Å². The number of carbonyl (C=O) groups excluding carboxylic acids is 1. The minimum atomic E-state index is -0.108. The normalized spacial score (nSPS) is 10.6. The molecule has 0 saturated carbocycles. The van der Waals surface area contributed by atoms with E-state index in [9.17, 15) is 4.79 Å². The molecule has 2 aromatic carbocycles. The number of ether oxygens (including phenoxy) is 2. The van der Waals surface area contributed by atoms with E-state index >= 15 is 0 Å². The van der Waals surface area contributed by atoms with Gasteiger partial charge in [0.1, 0.15) is 18.1 Å². The Hall–Kier alpha value is -2.71. The van der Waals surface area contributed by atoms with Crippen LogP contribution in [0, 0.1) is 0 Å². The number of nitrogens with zero attached hydrogens (tertiary/aromatic N) is 2. The largest absolute Gasteiger partial charge is 0.494 e. The molecule has 0 radical (unpaired) electrons. The maximum Gasteiger partial charge on any atom is 0.230 e. The maximum atomic E-state index is 12.0. The zero-order chi connectivity index (χ0) is 20.5. The third-order valence-electron chi connectivity index (χ3n) is 3.74. The van der Waals surface area contributed by atoms with Gasteiger partial charge in [0.05, 0.1) is 18.9 Å². The van der Waals surface area contributed by atoms with Crippen LogP contribution in [0.3, 0.4) is 0 Å². The number of benzene rings is 2. The number of halogens is 1. The summed E-state index contributed by atoms with van der Waals surface area (Å²) in [5, 5.41) is 11.0. The van der Waals surface area contributed by atoms with Crippen molar-refractivity contribution in [1.29, 1.82) is 0 Å². The second kappa shape index (κ2) is 10.7. The first-order chi connectivity index (χ1) is 14.1. The summed E-state index contributed by atoms with van der Waals surface area (Å²) in [6.45, 7) is 3.36. The van der Waals surface area contributed by atoms with Gasteiger partial charge >= 0.3 is 0 Å². The van der Waals surface area contributed by atoms with E-state index in [0.717, 1.165) is 17.1 Å². The molecule has 1 amide bonds. The van der Waals surface area contributed by atoms with Crippen molar-refractivity contribution < 1.29 is 14.3 Å². The van der Waals surface area contributed by atoms with Crippen molar-refractivity contribution in [2.24, 2.45) is 0 Å². The van der Waals surface area contributed by atoms with Crippen LogP contribution in [0.1, 0.15) is 6.92 Å². The van der Waals surface area contributed by atoms with E-state index in [2.05, 4.69) is 20.5 Å². The molecule has 2 N–H and O–H groups in total. The second-order valence-electron chi connectivity index (χ2n) is 5.86. The highest BCUT2D eigenvalue weighted by Gasteiger charge is 2.09. The van der Waals surface area contributed by atoms with Crippen LogP contribution >= 0.6 is 23.4 Å². The zero-order valence-corrected chi connectivity index (χ0v) is 17.4. The van der Waals surface area contributed by atoms with Gasteiger partial charge in [0.2, 0.25) is 11.1 Å². The summed E-state index contributed by atoms with van der Waals surface area (Å²) in [6, 6.07) is 14.7. The number of rotatable bonds is 10. The van der Waals surface area contributed by atoms with Gasteiger partial charge in [-0.2, -0.15) is 0 Å². The van der Waals surface area contributed by atoms with Crippen molar-refractivity contribution in [3.8, 4) is 22.9 Å². The Morgan fingerprint density at radius 2 is 1.79 bits per heavy atom. The standard InChI is InChI=1S/C20H21ClN4O3S/c1-2-27-16-7-9-17(10-8-16)28-12-11-22-18(26)13-29-20-23-19(24-25-20)14-3-5-15(21)6-4-14/h3-10H,2,11-13H2,1H3,(H,22,26)(H,23,24,25). The van der Waals surface area contributed by atoms with E-state index in [1.165, 1.54) is 11.8 Å². The summed E-state index contributed by atoms with van der Waals surface area (Å²) in [7, 11) is 0. The SMILES string of the molecule is CCOc1ccc(OCCNC(=O)CSc2n[nH]c(-c3ccc(Cl)cc3)n2)cc1. The Bertz CT molecular complexity index is 916. The maximum absolute atomic E-state index is 12.0. The summed E-state index contributed by atoms with van der Waals surface area (Å²) < 4.78 is 11.0. The molecular weight excluding hydrogens is 412 g/mol. The number of aromatic amines is 1. The quantitative estimate of drug-likeness (QED) is 0.374. The van der Waals surface area contributed by atoms with Gasteiger partial charge in [-0.25, -0.2) is 4.98 Å². The molecule has 29 heavy (non-hydrogen) atoms. The molecule has 152 valence electrons. The molecule has 0 aliphatic heterocycles. The lowest BCUT2D eigenvalue weighted by Gasteiger charge is -2.08. The number of aromatic nitrogens is 3. The molecule has 7 nitrogen and oxygen atoms in total. The molecule has 0 aliphatic carbocycles. The van der Waals surface area contributed by atoms with Crippen molar-refractivity contribution in [3.63, 3.8) is 0 Å². The number of H-pyrrole nitrogens is 1. The van der Waals surface area contributed by atoms with Crippen molar-refractivity contribution in [3.05, 3.63) is 53.6 Å². The minimum Gasteiger partial charge on any atom is -0.494 e. The van der Waals surface area contributed by atoms with Crippen LogP contribution in [0.5, 0.6) is 11.5 Å². The lowest BCUT2D eigenvalue weighted by atomic mass is 10.2. The van der Waals surface area contributed by atoms with Gasteiger partial charge in [0.25, 0.3) is 0 Å². The molecule has 0 atom stereocenters. The van der Waals surface area contributed by atoms with Crippen molar-refractivity contribution >= 4 is 29.3 Å². The average molecular weight is 433 g/mol. The predicted molar refractivity (Wildman–Crippen MR) is 114 cm³/mol. The molecule has 1 aromatic heterocycles. The van der Waals surface area contributed by atoms with Gasteiger partial charge in [-0.1, -0.05) is 23.4 Å². The Morgan fingerprint density at radius 3 is 2.48 bits per heavy atom. The smallest absolute Gasteiger partial charge is 0.230 e. The Kier molecular flexibility index (Phi) is 7.77. The topological polar surface area (TPSA) is 89.1 Å². The molecule has 0 unspecified atom stereocenters. The summed E-state index contributed by atoms with van der Waals surface area (Å²) in [5.41, 5.74) is 0.879. The van der Waals surface area contributed by atoms with E-state index in [1.54, 1.807) is 12.1 Å². The highest BCUT2D eigenvalue weighted by Crippen LogP contribution is 2.21. The van der Waals surface area contributed by atoms with Crippen LogP contribution in [0.25, 0.3) is 11.4 Å². The monoisotopic (exact) mass is 432 g/mol. The van der Waals surface area contributed by atoms with E-state index in [4.69, 9.17) is 21.1 Å². The van der Waals surface area contributed by atoms with Crippen LogP contribution in [0.2, 0.25) is 5.02 Å². The van der Waals surface area contributed by atoms with Crippen molar-refractivity contribution in [1.82, 2.24) is 20.5 Å². The molecule has 3 rings (SSSR count). The van der Waals surface area contributed by atoms with Gasteiger partial charge in [0.15, 0.2) is 5.82 Å². The molecule has 0 saturated heterocycles. The Balaban J connectivity index is 1.35. The fraction of sp³-hybridized carbons (Fsp3) is 0.250. The summed E-state index contributed by atoms with van der Waals surface area (Å²) >= 11 is 7.15. The van der Waals surface area contributed by atoms with E-state index in [-0.39, 0.29) is 11.7 Å². The lowest BCUT2D eigenvalue weighted by Crippen LogP contribution is -2.29. The molecule has 0 aliphatic rings. The zero-order valence-electron chi connectivity index (χ0n) is 15.9. The number of amides is 1. The number of carbonyl (C=O) groups is 1. The van der Waals surface area contributed by atoms with Gasteiger partial charge in [-0.05, 0) is 55.5 Å². The van der Waals surface area contributed by atoms with Crippen LogP contribution in [0.15, 0.2) is 53.7 Å². The molecular formula is C20H21ClN4O3S. The van der Waals surface area contributed by atoms with Gasteiger partial charge < -0.3 is 14.8 Å². The van der Waals surface area contributed by atoms with Crippen LogP contribution in [0.4, 0.5) is 0 Å². The summed E-state index contributed by atoms with van der Waals surface area (Å²) in [6.07, 6.45) is 0. The van der Waals surface area contributed by atoms with Crippen LogP contribution < -0.4 is 14.8 Å². The molecule has 9 heteroatoms. The van der Waals surface area contributed by atoms with Crippen LogP contribution in [-0.2, 0) is 4.79 Å². The van der Waals surface area contributed by atoms with Crippen LogP contribution in [-0.4, -0.2) is 46.6 Å². The first-order valence-corrected chi connectivity index (χ1v) is 10.4. The Labute approximate surface area is 178 Å². The first kappa shape index (κ1) is 21.0. The summed E-state index contributed by atoms with van der Waals surface area (Å²) in [4.78, 5) is 16.4. The minimum absolute atomic E-state index is 0.108. The average Bonchev–Trinajstić information content (AvgIpc) is 3.21. The third-order valence-corrected chi connectivity index (χ3v) is 4.84. The molecule has 3 aromatic rings. The molecule has 1 heterocycles. The number of hydrogen-bond acceptors (Lipinski definition) is 6. The molecule has 0 bridgehead atoms. The lowest BCUT2D eigenvalue weighted by molar-refractivity contribution is -0.118.